The Morgan fingerprint density at radius 2 is 2.21 bits per heavy atom. The average Bonchev–Trinajstić information content (AvgIpc) is 2.08. The Morgan fingerprint density at radius 1 is 1.64 bits per heavy atom. The summed E-state index contributed by atoms with van der Waals surface area (Å²) in [7, 11) is 0. The first-order valence-corrected chi connectivity index (χ1v) is 4.70. The minimum Gasteiger partial charge on any atom is -0.478 e. The highest BCUT2D eigenvalue weighted by Gasteiger charge is 2.20. The number of aromatic carboxylic acids is 1. The molecule has 14 heavy (non-hydrogen) atoms. The van der Waals surface area contributed by atoms with Gasteiger partial charge in [0.05, 0.1) is 5.56 Å². The summed E-state index contributed by atoms with van der Waals surface area (Å²) in [4.78, 5) is 14.2. The number of nitrogens with zero attached hydrogens (tertiary/aromatic N) is 1. The van der Waals surface area contributed by atoms with Gasteiger partial charge in [-0.1, -0.05) is 0 Å². The molecule has 0 atom stereocenters. The number of carbonyl (C=O) groups is 1. The van der Waals surface area contributed by atoms with Gasteiger partial charge in [0.25, 0.3) is 6.43 Å². The Morgan fingerprint density at radius 3 is 2.64 bits per heavy atom. The van der Waals surface area contributed by atoms with Crippen LogP contribution in [0.1, 0.15) is 28.0 Å². The Labute approximate surface area is 92.3 Å². The highest BCUT2D eigenvalue weighted by atomic mass is 127. The van der Waals surface area contributed by atoms with Crippen molar-refractivity contribution in [1.82, 2.24) is 4.98 Å². The van der Waals surface area contributed by atoms with Crippen LogP contribution in [0.2, 0.25) is 0 Å². The van der Waals surface area contributed by atoms with Crippen LogP contribution in [-0.2, 0) is 0 Å². The minimum absolute atomic E-state index is 0.392. The van der Waals surface area contributed by atoms with Crippen LogP contribution in [0.5, 0.6) is 0 Å². The van der Waals surface area contributed by atoms with E-state index in [0.717, 1.165) is 0 Å². The maximum atomic E-state index is 12.4. The largest absolute Gasteiger partial charge is 0.478 e. The molecule has 1 aromatic heterocycles. The Bertz CT molecular complexity index is 382. The molecule has 1 N–H and O–H groups in total. The molecule has 3 nitrogen and oxygen atoms in total. The molecular weight excluding hydrogens is 307 g/mol. The lowest BCUT2D eigenvalue weighted by molar-refractivity contribution is 0.0682. The van der Waals surface area contributed by atoms with Crippen LogP contribution < -0.4 is 0 Å². The molecular formula is C8H6F2INO2. The summed E-state index contributed by atoms with van der Waals surface area (Å²) < 4.78 is 25.1. The van der Waals surface area contributed by atoms with E-state index in [-0.39, 0.29) is 0 Å². The quantitative estimate of drug-likeness (QED) is 0.674. The van der Waals surface area contributed by atoms with Gasteiger partial charge in [-0.3, -0.25) is 0 Å². The number of rotatable bonds is 2. The van der Waals surface area contributed by atoms with Crippen molar-refractivity contribution in [2.75, 3.05) is 0 Å². The van der Waals surface area contributed by atoms with E-state index in [2.05, 4.69) is 4.98 Å². The van der Waals surface area contributed by atoms with Crippen molar-refractivity contribution in [2.24, 2.45) is 0 Å². The first-order chi connectivity index (χ1) is 6.43. The Balaban J connectivity index is 3.39. The van der Waals surface area contributed by atoms with Crippen LogP contribution in [0.25, 0.3) is 0 Å². The van der Waals surface area contributed by atoms with Crippen LogP contribution in [0.15, 0.2) is 6.07 Å². The van der Waals surface area contributed by atoms with E-state index in [0.29, 0.717) is 9.26 Å². The monoisotopic (exact) mass is 313 g/mol. The second kappa shape index (κ2) is 4.16. The first kappa shape index (κ1) is 11.3. The summed E-state index contributed by atoms with van der Waals surface area (Å²) in [5.41, 5.74) is -0.530. The number of alkyl halides is 2. The summed E-state index contributed by atoms with van der Waals surface area (Å²) >= 11 is 1.79. The maximum Gasteiger partial charge on any atom is 0.337 e. The molecule has 1 heterocycles. The zero-order valence-corrected chi connectivity index (χ0v) is 9.25. The van der Waals surface area contributed by atoms with Crippen LogP contribution in [0.3, 0.4) is 0 Å². The number of halogens is 3. The molecule has 0 saturated carbocycles. The fourth-order valence-corrected chi connectivity index (χ4v) is 1.36. The van der Waals surface area contributed by atoms with E-state index < -0.39 is 23.7 Å². The summed E-state index contributed by atoms with van der Waals surface area (Å²) in [6.45, 7) is 1.62. The highest BCUT2D eigenvalue weighted by Crippen LogP contribution is 2.23. The van der Waals surface area contributed by atoms with Gasteiger partial charge in [-0.05, 0) is 41.1 Å². The van der Waals surface area contributed by atoms with Gasteiger partial charge < -0.3 is 5.11 Å². The molecule has 0 bridgehead atoms. The summed E-state index contributed by atoms with van der Waals surface area (Å²) in [6, 6.07) is 1.21. The predicted molar refractivity (Wildman–Crippen MR) is 53.6 cm³/mol. The van der Waals surface area contributed by atoms with Crippen molar-refractivity contribution < 1.29 is 18.7 Å². The fraction of sp³-hybridized carbons (Fsp3) is 0.250. The molecule has 0 radical (unpaired) electrons. The van der Waals surface area contributed by atoms with Crippen molar-refractivity contribution in [3.05, 3.63) is 26.6 Å². The third-order valence-electron chi connectivity index (χ3n) is 1.62. The molecule has 6 heteroatoms. The second-order valence-corrected chi connectivity index (χ2v) is 3.66. The van der Waals surface area contributed by atoms with Crippen molar-refractivity contribution in [3.63, 3.8) is 0 Å². The standard InChI is InChI=1S/C8H6F2INO2/c1-3-2-4(8(13)14)5(6(9)10)12-7(3)11/h2,6H,1H3,(H,13,14). The van der Waals surface area contributed by atoms with Gasteiger partial charge in [0.2, 0.25) is 0 Å². The molecule has 0 amide bonds. The molecule has 0 saturated heterocycles. The SMILES string of the molecule is Cc1cc(C(=O)O)c(C(F)F)nc1I. The van der Waals surface area contributed by atoms with Crippen LogP contribution in [0, 0.1) is 10.6 Å². The van der Waals surface area contributed by atoms with E-state index in [1.54, 1.807) is 29.5 Å². The third-order valence-corrected chi connectivity index (χ3v) is 2.71. The third kappa shape index (κ3) is 2.17. The number of aromatic nitrogens is 1. The summed E-state index contributed by atoms with van der Waals surface area (Å²) in [6.07, 6.45) is -2.87. The van der Waals surface area contributed by atoms with Crippen molar-refractivity contribution in [2.45, 2.75) is 13.3 Å². The molecule has 1 aromatic rings. The van der Waals surface area contributed by atoms with Gasteiger partial charge in [0.15, 0.2) is 0 Å². The molecule has 0 spiro atoms. The molecule has 0 unspecified atom stereocenters. The van der Waals surface area contributed by atoms with Crippen LogP contribution in [-0.4, -0.2) is 16.1 Å². The predicted octanol–water partition coefficient (Wildman–Crippen LogP) is 2.63. The van der Waals surface area contributed by atoms with Crippen LogP contribution >= 0.6 is 22.6 Å². The maximum absolute atomic E-state index is 12.4. The van der Waals surface area contributed by atoms with Gasteiger partial charge in [-0.25, -0.2) is 18.6 Å². The molecule has 0 fully saturated rings. The lowest BCUT2D eigenvalue weighted by Crippen LogP contribution is -2.07. The number of hydrogen-bond donors (Lipinski definition) is 1. The number of aryl methyl sites for hydroxylation is 1. The molecule has 0 aliphatic carbocycles. The zero-order chi connectivity index (χ0) is 10.9. The highest BCUT2D eigenvalue weighted by molar-refractivity contribution is 14.1. The lowest BCUT2D eigenvalue weighted by Gasteiger charge is -2.06. The van der Waals surface area contributed by atoms with Gasteiger partial charge in [0, 0.05) is 0 Å². The van der Waals surface area contributed by atoms with Gasteiger partial charge in [-0.2, -0.15) is 0 Å². The molecule has 1 rings (SSSR count). The minimum atomic E-state index is -2.87. The van der Waals surface area contributed by atoms with E-state index in [9.17, 15) is 13.6 Å². The summed E-state index contributed by atoms with van der Waals surface area (Å²) in [5, 5.41) is 8.65. The van der Waals surface area contributed by atoms with Crippen molar-refractivity contribution in [1.29, 1.82) is 0 Å². The molecule has 0 aliphatic rings. The summed E-state index contributed by atoms with van der Waals surface area (Å²) in [5.74, 6) is -1.38. The first-order valence-electron chi connectivity index (χ1n) is 3.62. The Hall–Kier alpha value is -0.790. The average molecular weight is 313 g/mol. The van der Waals surface area contributed by atoms with E-state index in [1.165, 1.54) is 6.07 Å². The smallest absolute Gasteiger partial charge is 0.337 e. The molecule has 76 valence electrons. The molecule has 0 aliphatic heterocycles. The number of carboxylic acid groups (broad SMARTS) is 1. The Kier molecular flexibility index (Phi) is 3.35. The lowest BCUT2D eigenvalue weighted by atomic mass is 10.1. The normalized spacial score (nSPS) is 10.6. The second-order valence-electron chi connectivity index (χ2n) is 2.63. The van der Waals surface area contributed by atoms with E-state index in [1.807, 2.05) is 0 Å². The zero-order valence-electron chi connectivity index (χ0n) is 7.09. The molecule has 0 aromatic carbocycles. The van der Waals surface area contributed by atoms with Gasteiger partial charge in [-0.15, -0.1) is 0 Å². The van der Waals surface area contributed by atoms with Crippen LogP contribution in [0.4, 0.5) is 8.78 Å². The van der Waals surface area contributed by atoms with Gasteiger partial charge >= 0.3 is 5.97 Å². The van der Waals surface area contributed by atoms with Crippen molar-refractivity contribution >= 4 is 28.6 Å². The topological polar surface area (TPSA) is 50.2 Å². The van der Waals surface area contributed by atoms with Gasteiger partial charge in [0.1, 0.15) is 9.39 Å². The number of pyridine rings is 1. The number of hydrogen-bond acceptors (Lipinski definition) is 2. The van der Waals surface area contributed by atoms with E-state index in [4.69, 9.17) is 5.11 Å². The fourth-order valence-electron chi connectivity index (χ4n) is 0.942. The van der Waals surface area contributed by atoms with Crippen molar-refractivity contribution in [3.8, 4) is 0 Å². The van der Waals surface area contributed by atoms with E-state index >= 15 is 0 Å². The number of carboxylic acids is 1.